The van der Waals surface area contributed by atoms with E-state index < -0.39 is 0 Å². The van der Waals surface area contributed by atoms with E-state index in [0.717, 1.165) is 12.8 Å². The van der Waals surface area contributed by atoms with E-state index in [4.69, 9.17) is 0 Å². The van der Waals surface area contributed by atoms with Gasteiger partial charge in [0.1, 0.15) is 0 Å². The number of nitrogens with one attached hydrogen (secondary N) is 1. The molecule has 0 fully saturated rings. The lowest BCUT2D eigenvalue weighted by Gasteiger charge is -1.96. The number of hydrogen-bond donors (Lipinski definition) is 1. The fourth-order valence-electron chi connectivity index (χ4n) is 1.29. The molecule has 0 saturated carbocycles. The molecular formula is C10H15NO2S. The quantitative estimate of drug-likeness (QED) is 0.779. The number of hydroxylamine groups is 1. The Bertz CT molecular complexity index is 320. The van der Waals surface area contributed by atoms with Crippen LogP contribution in [0.3, 0.4) is 0 Å². The molecule has 0 aromatic carbocycles. The highest BCUT2D eigenvalue weighted by Crippen LogP contribution is 2.22. The minimum atomic E-state index is -0.164. The Balaban J connectivity index is 2.79. The summed E-state index contributed by atoms with van der Waals surface area (Å²) < 4.78 is 0. The number of carbonyl (C=O) groups is 1. The Kier molecular flexibility index (Phi) is 4.10. The topological polar surface area (TPSA) is 38.3 Å². The average Bonchev–Trinajstić information content (AvgIpc) is 2.49. The second-order valence-electron chi connectivity index (χ2n) is 3.08. The van der Waals surface area contributed by atoms with Crippen LogP contribution in [0.4, 0.5) is 0 Å². The summed E-state index contributed by atoms with van der Waals surface area (Å²) in [6.07, 6.45) is 2.13. The maximum atomic E-state index is 11.4. The van der Waals surface area contributed by atoms with Gasteiger partial charge in [-0.1, -0.05) is 13.3 Å². The molecule has 0 spiro atoms. The van der Waals surface area contributed by atoms with Crippen LogP contribution in [-0.4, -0.2) is 13.0 Å². The van der Waals surface area contributed by atoms with E-state index in [9.17, 15) is 4.79 Å². The van der Waals surface area contributed by atoms with E-state index in [0.29, 0.717) is 4.88 Å². The van der Waals surface area contributed by atoms with Crippen molar-refractivity contribution in [3.63, 3.8) is 0 Å². The standard InChI is InChI=1S/C10H15NO2S/c1-4-5-8-6-9(14-7(8)2)10(12)11-13-3/h6H,4-5H2,1-3H3,(H,11,12). The maximum absolute atomic E-state index is 11.4. The summed E-state index contributed by atoms with van der Waals surface area (Å²) in [5, 5.41) is 0. The molecule has 1 N–H and O–H groups in total. The fraction of sp³-hybridized carbons (Fsp3) is 0.500. The van der Waals surface area contributed by atoms with E-state index in [2.05, 4.69) is 17.2 Å². The van der Waals surface area contributed by atoms with Gasteiger partial charge in [0.25, 0.3) is 5.91 Å². The molecule has 0 saturated heterocycles. The van der Waals surface area contributed by atoms with Crippen molar-refractivity contribution >= 4 is 17.2 Å². The summed E-state index contributed by atoms with van der Waals surface area (Å²) in [5.41, 5.74) is 3.58. The molecule has 3 nitrogen and oxygen atoms in total. The van der Waals surface area contributed by atoms with Crippen LogP contribution in [-0.2, 0) is 11.3 Å². The van der Waals surface area contributed by atoms with Gasteiger partial charge in [0.15, 0.2) is 0 Å². The first-order chi connectivity index (χ1) is 6.69. The molecule has 0 atom stereocenters. The van der Waals surface area contributed by atoms with Crippen LogP contribution < -0.4 is 5.48 Å². The van der Waals surface area contributed by atoms with Gasteiger partial charge in [0.05, 0.1) is 12.0 Å². The van der Waals surface area contributed by atoms with Crippen LogP contribution >= 0.6 is 11.3 Å². The molecule has 1 aromatic heterocycles. The highest BCUT2D eigenvalue weighted by Gasteiger charge is 2.11. The minimum absolute atomic E-state index is 0.164. The molecule has 1 amide bonds. The largest absolute Gasteiger partial charge is 0.284 e. The van der Waals surface area contributed by atoms with Crippen molar-refractivity contribution in [2.45, 2.75) is 26.7 Å². The van der Waals surface area contributed by atoms with Gasteiger partial charge in [0, 0.05) is 4.88 Å². The van der Waals surface area contributed by atoms with Gasteiger partial charge in [-0.15, -0.1) is 11.3 Å². The van der Waals surface area contributed by atoms with Gasteiger partial charge in [-0.2, -0.15) is 0 Å². The number of aryl methyl sites for hydroxylation is 2. The van der Waals surface area contributed by atoms with Crippen LogP contribution in [0.15, 0.2) is 6.07 Å². The van der Waals surface area contributed by atoms with Crippen LogP contribution in [0, 0.1) is 6.92 Å². The molecule has 14 heavy (non-hydrogen) atoms. The Morgan fingerprint density at radius 1 is 1.64 bits per heavy atom. The van der Waals surface area contributed by atoms with Crippen LogP contribution in [0.2, 0.25) is 0 Å². The molecule has 78 valence electrons. The summed E-state index contributed by atoms with van der Waals surface area (Å²) in [7, 11) is 1.44. The fourth-order valence-corrected chi connectivity index (χ4v) is 2.25. The van der Waals surface area contributed by atoms with E-state index >= 15 is 0 Å². The monoisotopic (exact) mass is 213 g/mol. The first-order valence-electron chi connectivity index (χ1n) is 4.61. The third kappa shape index (κ3) is 2.56. The molecule has 0 unspecified atom stereocenters. The molecule has 0 radical (unpaired) electrons. The van der Waals surface area contributed by atoms with Crippen LogP contribution in [0.5, 0.6) is 0 Å². The lowest BCUT2D eigenvalue weighted by molar-refractivity contribution is 0.0542. The van der Waals surface area contributed by atoms with Gasteiger partial charge in [-0.05, 0) is 25.0 Å². The molecular weight excluding hydrogens is 198 g/mol. The molecule has 1 heterocycles. The summed E-state index contributed by atoms with van der Waals surface area (Å²) in [4.78, 5) is 17.9. The maximum Gasteiger partial charge on any atom is 0.284 e. The lowest BCUT2D eigenvalue weighted by Crippen LogP contribution is -2.20. The molecule has 0 bridgehead atoms. The van der Waals surface area contributed by atoms with Crippen LogP contribution in [0.1, 0.15) is 33.5 Å². The van der Waals surface area contributed by atoms with Crippen molar-refractivity contribution in [2.24, 2.45) is 0 Å². The van der Waals surface area contributed by atoms with Crippen molar-refractivity contribution in [3.8, 4) is 0 Å². The zero-order valence-electron chi connectivity index (χ0n) is 8.72. The van der Waals surface area contributed by atoms with Gasteiger partial charge >= 0.3 is 0 Å². The smallest absolute Gasteiger partial charge is 0.277 e. The zero-order valence-corrected chi connectivity index (χ0v) is 9.53. The third-order valence-corrected chi connectivity index (χ3v) is 3.05. The zero-order chi connectivity index (χ0) is 10.6. The van der Waals surface area contributed by atoms with E-state index in [1.165, 1.54) is 28.9 Å². The molecule has 0 aliphatic heterocycles. The Morgan fingerprint density at radius 2 is 2.36 bits per heavy atom. The van der Waals surface area contributed by atoms with Crippen molar-refractivity contribution in [3.05, 3.63) is 21.4 Å². The molecule has 4 heteroatoms. The Morgan fingerprint density at radius 3 is 2.93 bits per heavy atom. The van der Waals surface area contributed by atoms with E-state index in [1.54, 1.807) is 0 Å². The lowest BCUT2D eigenvalue weighted by atomic mass is 10.1. The number of thiophene rings is 1. The molecule has 0 aliphatic carbocycles. The van der Waals surface area contributed by atoms with Crippen molar-refractivity contribution in [2.75, 3.05) is 7.11 Å². The van der Waals surface area contributed by atoms with E-state index in [-0.39, 0.29) is 5.91 Å². The van der Waals surface area contributed by atoms with Crippen molar-refractivity contribution in [1.29, 1.82) is 0 Å². The summed E-state index contributed by atoms with van der Waals surface area (Å²) in [6, 6.07) is 1.94. The number of amides is 1. The van der Waals surface area contributed by atoms with Gasteiger partial charge < -0.3 is 0 Å². The van der Waals surface area contributed by atoms with Gasteiger partial charge in [0.2, 0.25) is 0 Å². The highest BCUT2D eigenvalue weighted by molar-refractivity contribution is 7.14. The highest BCUT2D eigenvalue weighted by atomic mass is 32.1. The third-order valence-electron chi connectivity index (χ3n) is 1.96. The summed E-state index contributed by atoms with van der Waals surface area (Å²) in [5.74, 6) is -0.164. The summed E-state index contributed by atoms with van der Waals surface area (Å²) >= 11 is 1.51. The first kappa shape index (κ1) is 11.2. The van der Waals surface area contributed by atoms with Crippen LogP contribution in [0.25, 0.3) is 0 Å². The normalized spacial score (nSPS) is 10.2. The summed E-state index contributed by atoms with van der Waals surface area (Å²) in [6.45, 7) is 4.17. The SMILES string of the molecule is CCCc1cc(C(=O)NOC)sc1C. The van der Waals surface area contributed by atoms with Crippen molar-refractivity contribution < 1.29 is 9.63 Å². The predicted molar refractivity (Wildman–Crippen MR) is 57.5 cm³/mol. The second kappa shape index (κ2) is 5.12. The Labute approximate surface area is 88.0 Å². The molecule has 0 aliphatic rings. The van der Waals surface area contributed by atoms with Gasteiger partial charge in [-0.25, -0.2) is 5.48 Å². The average molecular weight is 213 g/mol. The Hall–Kier alpha value is -0.870. The number of carbonyl (C=O) groups excluding carboxylic acids is 1. The van der Waals surface area contributed by atoms with Gasteiger partial charge in [-0.3, -0.25) is 9.63 Å². The molecule has 1 aromatic rings. The number of rotatable bonds is 4. The first-order valence-corrected chi connectivity index (χ1v) is 5.43. The predicted octanol–water partition coefficient (Wildman–Crippen LogP) is 2.30. The van der Waals surface area contributed by atoms with Crippen molar-refractivity contribution in [1.82, 2.24) is 5.48 Å². The second-order valence-corrected chi connectivity index (χ2v) is 4.33. The van der Waals surface area contributed by atoms with E-state index in [1.807, 2.05) is 13.0 Å². The molecule has 1 rings (SSSR count). The minimum Gasteiger partial charge on any atom is -0.277 e. The number of hydrogen-bond acceptors (Lipinski definition) is 3.